The number of hydrogen-bond donors (Lipinski definition) is 0. The predicted octanol–water partition coefficient (Wildman–Crippen LogP) is 6.85. The lowest BCUT2D eigenvalue weighted by molar-refractivity contribution is -0.274. The number of para-hydroxylation sites is 1. The third-order valence-electron chi connectivity index (χ3n) is 6.21. The summed E-state index contributed by atoms with van der Waals surface area (Å²) < 4.78 is 54.7. The number of aromatic nitrogens is 1. The van der Waals surface area contributed by atoms with E-state index in [4.69, 9.17) is 9.26 Å². The van der Waals surface area contributed by atoms with Gasteiger partial charge in [0.15, 0.2) is 0 Å². The van der Waals surface area contributed by atoms with Crippen LogP contribution in [0.1, 0.15) is 69.6 Å². The maximum atomic E-state index is 12.9. The molecule has 2 unspecified atom stereocenters. The van der Waals surface area contributed by atoms with Gasteiger partial charge in [0.05, 0.1) is 12.7 Å². The molecule has 0 aliphatic heterocycles. The van der Waals surface area contributed by atoms with Gasteiger partial charge >= 0.3 is 6.36 Å². The summed E-state index contributed by atoms with van der Waals surface area (Å²) in [5.74, 6) is 2.00. The van der Waals surface area contributed by atoms with Gasteiger partial charge in [0.1, 0.15) is 17.2 Å². The van der Waals surface area contributed by atoms with Gasteiger partial charge in [0.2, 0.25) is 0 Å². The molecule has 2 aliphatic rings. The lowest BCUT2D eigenvalue weighted by Crippen LogP contribution is -2.25. The van der Waals surface area contributed by atoms with E-state index in [1.165, 1.54) is 18.6 Å². The molecule has 0 N–H and O–H groups in total. The quantitative estimate of drug-likeness (QED) is 0.489. The molecule has 0 saturated heterocycles. The third kappa shape index (κ3) is 4.99. The second kappa shape index (κ2) is 8.61. The smallest absolute Gasteiger partial charge is 0.405 e. The fraction of sp³-hybridized carbons (Fsp3) is 0.609. The molecule has 1 aromatic heterocycles. The Balaban J connectivity index is 1.58. The Morgan fingerprint density at radius 1 is 1.13 bits per heavy atom. The Labute approximate surface area is 174 Å². The summed E-state index contributed by atoms with van der Waals surface area (Å²) in [6, 6.07) is 6.06. The number of alkyl halides is 3. The average molecular weight is 423 g/mol. The van der Waals surface area contributed by atoms with Gasteiger partial charge in [0.25, 0.3) is 0 Å². The number of nitrogens with zero attached hydrogens (tertiary/aromatic N) is 1. The number of benzene rings is 1. The van der Waals surface area contributed by atoms with E-state index in [2.05, 4.69) is 23.7 Å². The highest BCUT2D eigenvalue weighted by molar-refractivity contribution is 5.70. The zero-order chi connectivity index (χ0) is 21.3. The van der Waals surface area contributed by atoms with Crippen LogP contribution in [0.3, 0.4) is 0 Å². The molecule has 0 radical (unpaired) electrons. The van der Waals surface area contributed by atoms with Gasteiger partial charge in [-0.15, -0.1) is 13.2 Å². The topological polar surface area (TPSA) is 44.5 Å². The van der Waals surface area contributed by atoms with E-state index in [0.717, 1.165) is 43.4 Å². The first-order valence-electron chi connectivity index (χ1n) is 10.8. The molecule has 164 valence electrons. The van der Waals surface area contributed by atoms with E-state index < -0.39 is 6.36 Å². The minimum atomic E-state index is -4.77. The molecule has 7 heteroatoms. The van der Waals surface area contributed by atoms with Crippen molar-refractivity contribution in [1.29, 1.82) is 0 Å². The third-order valence-corrected chi connectivity index (χ3v) is 6.21. The van der Waals surface area contributed by atoms with E-state index in [0.29, 0.717) is 24.1 Å². The second-order valence-electron chi connectivity index (χ2n) is 8.80. The molecule has 30 heavy (non-hydrogen) atoms. The van der Waals surface area contributed by atoms with Crippen LogP contribution in [0.4, 0.5) is 13.2 Å². The fourth-order valence-corrected chi connectivity index (χ4v) is 4.35. The second-order valence-corrected chi connectivity index (χ2v) is 8.80. The van der Waals surface area contributed by atoms with Crippen molar-refractivity contribution < 1.29 is 27.2 Å². The van der Waals surface area contributed by atoms with Gasteiger partial charge in [-0.1, -0.05) is 44.0 Å². The molecular weight excluding hydrogens is 395 g/mol. The summed E-state index contributed by atoms with van der Waals surface area (Å²) >= 11 is 0. The van der Waals surface area contributed by atoms with Crippen LogP contribution in [-0.2, 0) is 11.3 Å². The monoisotopic (exact) mass is 423 g/mol. The normalized spacial score (nSPS) is 22.5. The van der Waals surface area contributed by atoms with Crippen molar-refractivity contribution in [3.63, 3.8) is 0 Å². The standard InChI is InChI=1S/C23H28F3NO3/c1-14(2)16-6-5-7-17(12-16)28-13-19-21(27-30-22(19)15-10-11-15)18-8-3-4-9-20(18)29-23(24,25)26/h3-4,8-9,14-17H,5-7,10-13H2,1-2H3. The lowest BCUT2D eigenvalue weighted by Gasteiger charge is -2.31. The molecule has 2 aliphatic carbocycles. The van der Waals surface area contributed by atoms with Gasteiger partial charge in [-0.3, -0.25) is 0 Å². The van der Waals surface area contributed by atoms with Gasteiger partial charge in [-0.25, -0.2) is 0 Å². The van der Waals surface area contributed by atoms with Gasteiger partial charge in [0, 0.05) is 17.0 Å². The van der Waals surface area contributed by atoms with E-state index >= 15 is 0 Å². The Morgan fingerprint density at radius 3 is 2.60 bits per heavy atom. The molecule has 0 amide bonds. The maximum Gasteiger partial charge on any atom is 0.573 e. The van der Waals surface area contributed by atoms with Crippen molar-refractivity contribution in [2.24, 2.45) is 11.8 Å². The minimum Gasteiger partial charge on any atom is -0.405 e. The van der Waals surface area contributed by atoms with Crippen molar-refractivity contribution in [3.8, 4) is 17.0 Å². The highest BCUT2D eigenvalue weighted by atomic mass is 19.4. The Bertz CT molecular complexity index is 858. The Morgan fingerprint density at radius 2 is 1.90 bits per heavy atom. The molecule has 4 rings (SSSR count). The number of ether oxygens (including phenoxy) is 2. The molecule has 1 heterocycles. The zero-order valence-corrected chi connectivity index (χ0v) is 17.4. The van der Waals surface area contributed by atoms with E-state index in [1.807, 2.05) is 0 Å². The van der Waals surface area contributed by atoms with E-state index in [-0.39, 0.29) is 23.3 Å². The van der Waals surface area contributed by atoms with Gasteiger partial charge in [-0.05, 0) is 49.7 Å². The van der Waals surface area contributed by atoms with Crippen LogP contribution in [0.25, 0.3) is 11.3 Å². The van der Waals surface area contributed by atoms with Gasteiger partial charge in [-0.2, -0.15) is 0 Å². The van der Waals surface area contributed by atoms with Gasteiger partial charge < -0.3 is 14.0 Å². The van der Waals surface area contributed by atoms with Crippen molar-refractivity contribution >= 4 is 0 Å². The first kappa shape index (κ1) is 21.2. The Hall–Kier alpha value is -2.02. The molecule has 1 aromatic carbocycles. The summed E-state index contributed by atoms with van der Waals surface area (Å²) in [7, 11) is 0. The largest absolute Gasteiger partial charge is 0.573 e. The van der Waals surface area contributed by atoms with Crippen LogP contribution < -0.4 is 4.74 Å². The van der Waals surface area contributed by atoms with E-state index in [1.54, 1.807) is 12.1 Å². The molecule has 0 spiro atoms. The summed E-state index contributed by atoms with van der Waals surface area (Å²) in [5, 5.41) is 4.14. The maximum absolute atomic E-state index is 12.9. The van der Waals surface area contributed by atoms with Crippen LogP contribution in [0.5, 0.6) is 5.75 Å². The van der Waals surface area contributed by atoms with Crippen LogP contribution in [0, 0.1) is 11.8 Å². The summed E-state index contributed by atoms with van der Waals surface area (Å²) in [6.45, 7) is 4.78. The van der Waals surface area contributed by atoms with Crippen molar-refractivity contribution in [2.75, 3.05) is 0 Å². The number of rotatable bonds is 7. The SMILES string of the molecule is CC(C)C1CCCC(OCc2c(-c3ccccc3OC(F)(F)F)noc2C2CC2)C1. The number of hydrogen-bond acceptors (Lipinski definition) is 4. The molecule has 2 saturated carbocycles. The fourth-order valence-electron chi connectivity index (χ4n) is 4.35. The van der Waals surface area contributed by atoms with Crippen LogP contribution >= 0.6 is 0 Å². The van der Waals surface area contributed by atoms with Crippen molar-refractivity contribution in [1.82, 2.24) is 5.16 Å². The summed E-state index contributed by atoms with van der Waals surface area (Å²) in [4.78, 5) is 0. The Kier molecular flexibility index (Phi) is 6.09. The highest BCUT2D eigenvalue weighted by Crippen LogP contribution is 2.46. The van der Waals surface area contributed by atoms with Crippen LogP contribution in [0.2, 0.25) is 0 Å². The first-order valence-corrected chi connectivity index (χ1v) is 10.8. The average Bonchev–Trinajstić information content (AvgIpc) is 3.45. The van der Waals surface area contributed by atoms with E-state index in [9.17, 15) is 13.2 Å². The summed E-state index contributed by atoms with van der Waals surface area (Å²) in [6.07, 6.45) is 1.78. The molecule has 2 atom stereocenters. The van der Waals surface area contributed by atoms with Crippen LogP contribution in [0.15, 0.2) is 28.8 Å². The molecule has 0 bridgehead atoms. The number of halogens is 3. The zero-order valence-electron chi connectivity index (χ0n) is 17.4. The molecular formula is C23H28F3NO3. The highest BCUT2D eigenvalue weighted by Gasteiger charge is 2.36. The minimum absolute atomic E-state index is 0.155. The van der Waals surface area contributed by atoms with Crippen molar-refractivity contribution in [3.05, 3.63) is 35.6 Å². The lowest BCUT2D eigenvalue weighted by atomic mass is 9.80. The predicted molar refractivity (Wildman–Crippen MR) is 106 cm³/mol. The molecule has 2 aromatic rings. The van der Waals surface area contributed by atoms with Crippen molar-refractivity contribution in [2.45, 2.75) is 77.4 Å². The summed E-state index contributed by atoms with van der Waals surface area (Å²) in [5.41, 5.74) is 1.41. The molecule has 4 nitrogen and oxygen atoms in total. The first-order chi connectivity index (χ1) is 14.3. The molecule has 2 fully saturated rings. The van der Waals surface area contributed by atoms with Crippen LogP contribution in [-0.4, -0.2) is 17.6 Å².